The summed E-state index contributed by atoms with van der Waals surface area (Å²) in [5.74, 6) is 0. The van der Waals surface area contributed by atoms with Crippen molar-refractivity contribution in [3.63, 3.8) is 0 Å². The molecule has 0 spiro atoms. The van der Waals surface area contributed by atoms with Gasteiger partial charge in [0, 0.05) is 28.7 Å². The van der Waals surface area contributed by atoms with E-state index in [0.29, 0.717) is 6.04 Å². The summed E-state index contributed by atoms with van der Waals surface area (Å²) in [5, 5.41) is 0. The van der Waals surface area contributed by atoms with Crippen LogP contribution in [0.5, 0.6) is 0 Å². The van der Waals surface area contributed by atoms with Gasteiger partial charge < -0.3 is 4.48 Å². The van der Waals surface area contributed by atoms with Gasteiger partial charge in [-0.3, -0.25) is 0 Å². The second-order valence-electron chi connectivity index (χ2n) is 8.45. The van der Waals surface area contributed by atoms with E-state index in [4.69, 9.17) is 0 Å². The molecule has 0 amide bonds. The topological polar surface area (TPSA) is 0 Å². The SMILES string of the molecule is Cc1ccc(C[N@+]2(C)[C@H]3Cc4ccccc4[C@]2(C)c2ccccc23)cc1. The smallest absolute Gasteiger partial charge is 0.149 e. The van der Waals surface area contributed by atoms with Gasteiger partial charge in [0.25, 0.3) is 0 Å². The number of benzene rings is 3. The lowest BCUT2D eigenvalue weighted by atomic mass is 9.78. The van der Waals surface area contributed by atoms with Gasteiger partial charge in [0.05, 0.1) is 7.05 Å². The van der Waals surface area contributed by atoms with Crippen LogP contribution in [0.1, 0.15) is 46.3 Å². The van der Waals surface area contributed by atoms with Crippen molar-refractivity contribution < 1.29 is 4.48 Å². The third-order valence-electron chi connectivity index (χ3n) is 7.14. The summed E-state index contributed by atoms with van der Waals surface area (Å²) in [7, 11) is 2.47. The first kappa shape index (κ1) is 15.8. The minimum atomic E-state index is 0.000982. The summed E-state index contributed by atoms with van der Waals surface area (Å²) >= 11 is 0. The van der Waals surface area contributed by atoms with Crippen LogP contribution in [-0.2, 0) is 18.5 Å². The monoisotopic (exact) mass is 340 g/mol. The van der Waals surface area contributed by atoms with Crippen LogP contribution in [-0.4, -0.2) is 11.5 Å². The summed E-state index contributed by atoms with van der Waals surface area (Å²) in [6.07, 6.45) is 1.13. The predicted molar refractivity (Wildman–Crippen MR) is 107 cm³/mol. The first-order valence-corrected chi connectivity index (χ1v) is 9.63. The summed E-state index contributed by atoms with van der Waals surface area (Å²) in [6.45, 7) is 5.69. The molecule has 3 atom stereocenters. The van der Waals surface area contributed by atoms with Crippen LogP contribution < -0.4 is 0 Å². The van der Waals surface area contributed by atoms with Gasteiger partial charge in [0.15, 0.2) is 0 Å². The number of hydrogen-bond acceptors (Lipinski definition) is 0. The maximum atomic E-state index is 2.47. The number of likely N-dealkylation sites (N-methyl/N-ethyl adjacent to an activating group) is 1. The fourth-order valence-electron chi connectivity index (χ4n) is 5.58. The van der Waals surface area contributed by atoms with Crippen LogP contribution >= 0.6 is 0 Å². The van der Waals surface area contributed by atoms with Crippen LogP contribution in [0.2, 0.25) is 0 Å². The average molecular weight is 340 g/mol. The number of quaternary nitrogens is 1. The third kappa shape index (κ3) is 1.90. The molecule has 0 fully saturated rings. The summed E-state index contributed by atoms with van der Waals surface area (Å²) in [4.78, 5) is 0. The molecule has 5 rings (SSSR count). The summed E-state index contributed by atoms with van der Waals surface area (Å²) in [6, 6.07) is 27.9. The lowest BCUT2D eigenvalue weighted by molar-refractivity contribution is -0.993. The van der Waals surface area contributed by atoms with Gasteiger partial charge in [-0.2, -0.15) is 0 Å². The molecule has 0 saturated carbocycles. The van der Waals surface area contributed by atoms with E-state index in [1.165, 1.54) is 27.8 Å². The fraction of sp³-hybridized carbons (Fsp3) is 0.280. The molecule has 0 aliphatic carbocycles. The highest BCUT2D eigenvalue weighted by molar-refractivity contribution is 5.51. The van der Waals surface area contributed by atoms with Crippen molar-refractivity contribution in [2.24, 2.45) is 0 Å². The first-order valence-electron chi connectivity index (χ1n) is 9.63. The van der Waals surface area contributed by atoms with Crippen molar-refractivity contribution >= 4 is 0 Å². The second-order valence-corrected chi connectivity index (χ2v) is 8.45. The van der Waals surface area contributed by atoms with Crippen molar-refractivity contribution in [3.05, 3.63) is 106 Å². The van der Waals surface area contributed by atoms with Crippen LogP contribution in [0.4, 0.5) is 0 Å². The maximum Gasteiger partial charge on any atom is 0.149 e. The van der Waals surface area contributed by atoms with Crippen molar-refractivity contribution in [3.8, 4) is 0 Å². The number of hydrogen-bond donors (Lipinski definition) is 0. The Hall–Kier alpha value is -2.38. The molecule has 0 radical (unpaired) electrons. The van der Waals surface area contributed by atoms with Gasteiger partial charge in [0.1, 0.15) is 18.1 Å². The molecule has 2 heterocycles. The predicted octanol–water partition coefficient (Wildman–Crippen LogP) is 5.52. The lowest BCUT2D eigenvalue weighted by Gasteiger charge is -2.52. The molecule has 2 bridgehead atoms. The molecule has 0 N–H and O–H groups in total. The molecule has 0 saturated heterocycles. The van der Waals surface area contributed by atoms with Crippen molar-refractivity contribution in [1.82, 2.24) is 0 Å². The van der Waals surface area contributed by atoms with Gasteiger partial charge in [-0.15, -0.1) is 0 Å². The minimum Gasteiger partial charge on any atom is -0.304 e. The van der Waals surface area contributed by atoms with Gasteiger partial charge in [-0.1, -0.05) is 78.4 Å². The molecule has 0 unspecified atom stereocenters. The molecular weight excluding hydrogens is 314 g/mol. The van der Waals surface area contributed by atoms with Crippen LogP contribution in [0.15, 0.2) is 72.8 Å². The van der Waals surface area contributed by atoms with Gasteiger partial charge in [-0.05, 0) is 19.4 Å². The number of aryl methyl sites for hydroxylation is 1. The highest BCUT2D eigenvalue weighted by Crippen LogP contribution is 2.60. The zero-order valence-electron chi connectivity index (χ0n) is 15.9. The van der Waals surface area contributed by atoms with Crippen molar-refractivity contribution in [2.75, 3.05) is 7.05 Å². The Morgan fingerprint density at radius 1 is 0.885 bits per heavy atom. The highest BCUT2D eigenvalue weighted by atomic mass is 15.4. The van der Waals surface area contributed by atoms with E-state index in [9.17, 15) is 0 Å². The van der Waals surface area contributed by atoms with E-state index in [1.54, 1.807) is 5.56 Å². The average Bonchev–Trinajstić information content (AvgIpc) is 2.76. The largest absolute Gasteiger partial charge is 0.304 e. The Balaban J connectivity index is 1.73. The minimum absolute atomic E-state index is 0.000982. The van der Waals surface area contributed by atoms with E-state index in [1.807, 2.05) is 0 Å². The van der Waals surface area contributed by atoms with Gasteiger partial charge >= 0.3 is 0 Å². The Labute approximate surface area is 156 Å². The Kier molecular flexibility index (Phi) is 3.24. The molecule has 0 aromatic heterocycles. The summed E-state index contributed by atoms with van der Waals surface area (Å²) < 4.78 is 1.03. The Morgan fingerprint density at radius 2 is 1.54 bits per heavy atom. The van der Waals surface area contributed by atoms with Crippen LogP contribution in [0, 0.1) is 6.92 Å². The quantitative estimate of drug-likeness (QED) is 0.539. The van der Waals surface area contributed by atoms with Gasteiger partial charge in [0.2, 0.25) is 0 Å². The lowest BCUT2D eigenvalue weighted by Crippen LogP contribution is -2.58. The normalized spacial score (nSPS) is 28.5. The Bertz CT molecular complexity index is 974. The van der Waals surface area contributed by atoms with Crippen molar-refractivity contribution in [2.45, 2.75) is 38.4 Å². The summed E-state index contributed by atoms with van der Waals surface area (Å²) in [5.41, 5.74) is 8.86. The zero-order chi connectivity index (χ0) is 17.9. The van der Waals surface area contributed by atoms with Crippen LogP contribution in [0.3, 0.4) is 0 Å². The second kappa shape index (κ2) is 5.31. The molecule has 3 aromatic rings. The molecule has 130 valence electrons. The van der Waals surface area contributed by atoms with E-state index in [2.05, 4.69) is 93.7 Å². The first-order chi connectivity index (χ1) is 12.5. The molecule has 1 nitrogen and oxygen atoms in total. The Morgan fingerprint density at radius 3 is 2.31 bits per heavy atom. The number of rotatable bonds is 2. The molecule has 26 heavy (non-hydrogen) atoms. The van der Waals surface area contributed by atoms with E-state index in [0.717, 1.165) is 17.4 Å². The van der Waals surface area contributed by atoms with E-state index >= 15 is 0 Å². The number of nitrogens with zero attached hydrogens (tertiary/aromatic N) is 1. The third-order valence-corrected chi connectivity index (χ3v) is 7.14. The molecule has 2 aliphatic heterocycles. The van der Waals surface area contributed by atoms with Gasteiger partial charge in [-0.25, -0.2) is 0 Å². The fourth-order valence-corrected chi connectivity index (χ4v) is 5.58. The molecule has 2 aliphatic rings. The highest BCUT2D eigenvalue weighted by Gasteiger charge is 2.62. The standard InChI is InChI=1S/C25H26N/c1-18-12-14-19(15-13-18)17-26(3)24-16-20-8-4-6-10-22(20)25(26,2)23-11-7-5-9-21(23)24/h4-15,24H,16-17H2,1-3H3/q+1/t24-,25+,26+/m0/s1. The molecule has 1 heteroatoms. The maximum absolute atomic E-state index is 2.47. The number of fused-ring (bicyclic) bond motifs is 7. The molecular formula is C25H26N+. The zero-order valence-corrected chi connectivity index (χ0v) is 15.9. The van der Waals surface area contributed by atoms with Crippen LogP contribution in [0.25, 0.3) is 0 Å². The van der Waals surface area contributed by atoms with Crippen molar-refractivity contribution in [1.29, 1.82) is 0 Å². The van der Waals surface area contributed by atoms with E-state index < -0.39 is 0 Å². The molecule has 3 aromatic carbocycles. The van der Waals surface area contributed by atoms with E-state index in [-0.39, 0.29) is 5.54 Å².